The van der Waals surface area contributed by atoms with Crippen molar-refractivity contribution in [2.24, 2.45) is 0 Å². The van der Waals surface area contributed by atoms with Gasteiger partial charge in [-0.1, -0.05) is 11.6 Å². The summed E-state index contributed by atoms with van der Waals surface area (Å²) >= 11 is 5.92. The van der Waals surface area contributed by atoms with Crippen molar-refractivity contribution in [1.82, 2.24) is 14.9 Å². The Morgan fingerprint density at radius 2 is 1.95 bits per heavy atom. The van der Waals surface area contributed by atoms with Crippen molar-refractivity contribution in [3.63, 3.8) is 0 Å². The third kappa shape index (κ3) is 6.73. The number of hydrogen-bond acceptors (Lipinski definition) is 9. The maximum Gasteiger partial charge on any atom is 0.195 e. The van der Waals surface area contributed by atoms with Crippen molar-refractivity contribution in [3.05, 3.63) is 65.0 Å². The van der Waals surface area contributed by atoms with Gasteiger partial charge in [0.15, 0.2) is 11.6 Å². The molecular formula is C28H29ClF2N4O5. The van der Waals surface area contributed by atoms with Crippen LogP contribution in [0.2, 0.25) is 5.02 Å². The average molecular weight is 575 g/mol. The molecule has 0 unspecified atom stereocenters. The lowest BCUT2D eigenvalue weighted by Crippen LogP contribution is -2.36. The number of methoxy groups -OCH3 is 1. The van der Waals surface area contributed by atoms with Crippen molar-refractivity contribution in [3.8, 4) is 5.75 Å². The van der Waals surface area contributed by atoms with Crippen molar-refractivity contribution >= 4 is 39.8 Å². The normalized spacial score (nSPS) is 19.6. The minimum absolute atomic E-state index is 0.0266. The van der Waals surface area contributed by atoms with Crippen LogP contribution in [-0.2, 0) is 25.4 Å². The van der Waals surface area contributed by atoms with Crippen LogP contribution in [0.1, 0.15) is 5.56 Å². The Kier molecular flexibility index (Phi) is 9.18. The number of nitrogens with zero attached hydrogens (tertiary/aromatic N) is 3. The number of rotatable bonds is 11. The molecule has 2 aromatic carbocycles. The van der Waals surface area contributed by atoms with Crippen LogP contribution in [0, 0.1) is 5.82 Å². The second-order valence-corrected chi connectivity index (χ2v) is 9.89. The van der Waals surface area contributed by atoms with Gasteiger partial charge < -0.3 is 24.3 Å². The Morgan fingerprint density at radius 3 is 2.67 bits per heavy atom. The summed E-state index contributed by atoms with van der Waals surface area (Å²) in [5, 5.41) is 3.62. The smallest absolute Gasteiger partial charge is 0.195 e. The average Bonchev–Trinajstić information content (AvgIpc) is 3.37. The molecule has 2 saturated heterocycles. The number of benzene rings is 2. The first kappa shape index (κ1) is 28.3. The van der Waals surface area contributed by atoms with Crippen molar-refractivity contribution < 1.29 is 32.5 Å². The van der Waals surface area contributed by atoms with Crippen LogP contribution in [0.15, 0.2) is 48.6 Å². The molecule has 2 aliphatic heterocycles. The Labute approximate surface area is 235 Å². The number of ether oxygens (including phenoxy) is 4. The highest BCUT2D eigenvalue weighted by Gasteiger charge is 2.36. The van der Waals surface area contributed by atoms with E-state index in [-0.39, 0.29) is 36.8 Å². The molecule has 9 nitrogen and oxygen atoms in total. The quantitative estimate of drug-likeness (QED) is 0.266. The summed E-state index contributed by atoms with van der Waals surface area (Å²) < 4.78 is 50.9. The molecule has 12 heteroatoms. The standard InChI is InChI=1S/C28H29ClF2N4O5/c1-37-6-7-38-25-13-23-19(28(33-16-32-23)34-18-2-3-21(30)20(29)12-18)10-17(25)11-24(36)22(31)4-5-35-14-26-27(15-35)40-9-8-39-26/h2-4,10,12-13,16,26-27H,5-9,11,14-15H2,1H3,(H,32,33,34)/b22-4-/t26-,27-/m0/s1. The Balaban J connectivity index is 1.36. The van der Waals surface area contributed by atoms with E-state index in [4.69, 9.17) is 30.5 Å². The number of ketones is 1. The number of Topliss-reactive ketones (excluding diaryl/α,β-unsaturated/α-hetero) is 1. The SMILES string of the molecule is COCCOc1cc2ncnc(Nc3ccc(F)c(Cl)c3)c2cc1CC(=O)/C(F)=C/CN1C[C@@H]2OCCO[C@H]2C1. The van der Waals surface area contributed by atoms with Gasteiger partial charge in [-0.25, -0.2) is 18.7 Å². The van der Waals surface area contributed by atoms with Gasteiger partial charge in [-0.2, -0.15) is 0 Å². The maximum absolute atomic E-state index is 15.0. The molecule has 0 bridgehead atoms. The molecule has 40 heavy (non-hydrogen) atoms. The number of aromatic nitrogens is 2. The molecule has 0 aliphatic carbocycles. The minimum atomic E-state index is -0.830. The summed E-state index contributed by atoms with van der Waals surface area (Å²) in [6.07, 6.45) is 2.37. The van der Waals surface area contributed by atoms with Crippen LogP contribution in [0.3, 0.4) is 0 Å². The van der Waals surface area contributed by atoms with E-state index in [9.17, 15) is 13.6 Å². The lowest BCUT2D eigenvalue weighted by atomic mass is 10.0. The number of anilines is 2. The predicted octanol–water partition coefficient (Wildman–Crippen LogP) is 4.26. The first-order valence-electron chi connectivity index (χ1n) is 12.9. The van der Waals surface area contributed by atoms with E-state index >= 15 is 0 Å². The molecule has 2 atom stereocenters. The van der Waals surface area contributed by atoms with Gasteiger partial charge in [0, 0.05) is 55.9 Å². The molecule has 3 aromatic rings. The number of nitrogens with one attached hydrogen (secondary N) is 1. The molecule has 0 amide bonds. The highest BCUT2D eigenvalue weighted by Crippen LogP contribution is 2.32. The van der Waals surface area contributed by atoms with Crippen LogP contribution < -0.4 is 10.1 Å². The Bertz CT molecular complexity index is 1390. The zero-order valence-electron chi connectivity index (χ0n) is 21.9. The maximum atomic E-state index is 15.0. The second-order valence-electron chi connectivity index (χ2n) is 9.48. The van der Waals surface area contributed by atoms with E-state index < -0.39 is 17.4 Å². The second kappa shape index (κ2) is 13.0. The Morgan fingerprint density at radius 1 is 1.18 bits per heavy atom. The molecule has 5 rings (SSSR count). The zero-order chi connectivity index (χ0) is 28.1. The summed E-state index contributed by atoms with van der Waals surface area (Å²) in [5.74, 6) is -1.27. The summed E-state index contributed by atoms with van der Waals surface area (Å²) in [4.78, 5) is 23.6. The molecule has 1 N–H and O–H groups in total. The summed E-state index contributed by atoms with van der Waals surface area (Å²) in [5.41, 5.74) is 1.50. The lowest BCUT2D eigenvalue weighted by Gasteiger charge is -2.24. The molecule has 0 saturated carbocycles. The summed E-state index contributed by atoms with van der Waals surface area (Å²) in [7, 11) is 1.55. The van der Waals surface area contributed by atoms with Crippen molar-refractivity contribution in [1.29, 1.82) is 0 Å². The summed E-state index contributed by atoms with van der Waals surface area (Å²) in [6, 6.07) is 7.56. The number of hydrogen-bond donors (Lipinski definition) is 1. The van der Waals surface area contributed by atoms with Gasteiger partial charge >= 0.3 is 0 Å². The van der Waals surface area contributed by atoms with Crippen LogP contribution in [0.5, 0.6) is 5.75 Å². The van der Waals surface area contributed by atoms with Crippen LogP contribution in [0.25, 0.3) is 10.9 Å². The number of allylic oxidation sites excluding steroid dienone is 1. The zero-order valence-corrected chi connectivity index (χ0v) is 22.6. The van der Waals surface area contributed by atoms with E-state index in [0.717, 1.165) is 0 Å². The number of halogens is 3. The van der Waals surface area contributed by atoms with Crippen LogP contribution in [-0.4, -0.2) is 86.0 Å². The van der Waals surface area contributed by atoms with Crippen molar-refractivity contribution in [2.45, 2.75) is 18.6 Å². The lowest BCUT2D eigenvalue weighted by molar-refractivity contribution is -0.116. The van der Waals surface area contributed by atoms with E-state index in [0.29, 0.717) is 66.6 Å². The van der Waals surface area contributed by atoms with Crippen LogP contribution in [0.4, 0.5) is 20.3 Å². The van der Waals surface area contributed by atoms with Gasteiger partial charge in [0.25, 0.3) is 0 Å². The van der Waals surface area contributed by atoms with E-state index in [1.807, 2.05) is 4.90 Å². The van der Waals surface area contributed by atoms with E-state index in [1.165, 1.54) is 30.6 Å². The third-order valence-electron chi connectivity index (χ3n) is 6.73. The Hall–Kier alpha value is -3.22. The number of fused-ring (bicyclic) bond motifs is 2. The van der Waals surface area contributed by atoms with Gasteiger partial charge in [-0.3, -0.25) is 9.69 Å². The van der Waals surface area contributed by atoms with Gasteiger partial charge in [0.2, 0.25) is 0 Å². The van der Waals surface area contributed by atoms with Gasteiger partial charge in [-0.05, 0) is 30.3 Å². The molecule has 2 aliphatic rings. The van der Waals surface area contributed by atoms with Gasteiger partial charge in [-0.15, -0.1) is 0 Å². The van der Waals surface area contributed by atoms with Gasteiger partial charge in [0.1, 0.15) is 30.3 Å². The molecule has 2 fully saturated rings. The molecular weight excluding hydrogens is 546 g/mol. The monoisotopic (exact) mass is 574 g/mol. The fraction of sp³-hybridized carbons (Fsp3) is 0.393. The molecule has 0 spiro atoms. The number of likely N-dealkylation sites (tertiary alicyclic amines) is 1. The van der Waals surface area contributed by atoms with E-state index in [1.54, 1.807) is 19.2 Å². The fourth-order valence-electron chi connectivity index (χ4n) is 4.71. The number of carbonyl (C=O) groups is 1. The van der Waals surface area contributed by atoms with Crippen LogP contribution >= 0.6 is 11.6 Å². The minimum Gasteiger partial charge on any atom is -0.491 e. The summed E-state index contributed by atoms with van der Waals surface area (Å²) in [6.45, 7) is 3.18. The molecule has 1 aromatic heterocycles. The molecule has 3 heterocycles. The third-order valence-corrected chi connectivity index (χ3v) is 7.02. The number of carbonyl (C=O) groups excluding carboxylic acids is 1. The topological polar surface area (TPSA) is 95.0 Å². The molecule has 0 radical (unpaired) electrons. The largest absolute Gasteiger partial charge is 0.491 e. The van der Waals surface area contributed by atoms with Gasteiger partial charge in [0.05, 0.1) is 42.6 Å². The highest BCUT2D eigenvalue weighted by atomic mass is 35.5. The van der Waals surface area contributed by atoms with Crippen molar-refractivity contribution in [2.75, 3.05) is 58.5 Å². The predicted molar refractivity (Wildman–Crippen MR) is 145 cm³/mol. The first-order chi connectivity index (χ1) is 19.4. The first-order valence-corrected chi connectivity index (χ1v) is 13.2. The highest BCUT2D eigenvalue weighted by molar-refractivity contribution is 6.31. The van der Waals surface area contributed by atoms with E-state index in [2.05, 4.69) is 15.3 Å². The molecule has 212 valence electrons. The fourth-order valence-corrected chi connectivity index (χ4v) is 4.89.